The van der Waals surface area contributed by atoms with Crippen LogP contribution in [-0.2, 0) is 20.1 Å². The van der Waals surface area contributed by atoms with Crippen molar-refractivity contribution in [1.82, 2.24) is 35.2 Å². The molecule has 1 aliphatic heterocycles. The summed E-state index contributed by atoms with van der Waals surface area (Å²) in [5, 5.41) is 10.8. The first-order chi connectivity index (χ1) is 13.7. The number of nitrogens with zero attached hydrogens (tertiary/aromatic N) is 6. The lowest BCUT2D eigenvalue weighted by molar-refractivity contribution is 0.129. The summed E-state index contributed by atoms with van der Waals surface area (Å²) in [6.07, 6.45) is 1.56. The molecule has 1 aliphatic rings. The van der Waals surface area contributed by atoms with E-state index in [0.717, 1.165) is 64.1 Å². The van der Waals surface area contributed by atoms with Crippen LogP contribution in [-0.4, -0.2) is 76.3 Å². The van der Waals surface area contributed by atoms with Crippen LogP contribution in [0.4, 0.5) is 0 Å². The summed E-state index contributed by atoms with van der Waals surface area (Å²) in [6, 6.07) is 10.7. The highest BCUT2D eigenvalue weighted by molar-refractivity contribution is 5.79. The predicted molar refractivity (Wildman–Crippen MR) is 112 cm³/mol. The molecule has 2 aromatic rings. The van der Waals surface area contributed by atoms with E-state index in [1.165, 1.54) is 5.56 Å². The maximum atomic E-state index is 4.60. The fourth-order valence-corrected chi connectivity index (χ4v) is 3.30. The highest BCUT2D eigenvalue weighted by atomic mass is 15.3. The molecule has 1 aromatic carbocycles. The molecule has 0 radical (unpaired) electrons. The van der Waals surface area contributed by atoms with Gasteiger partial charge >= 0.3 is 0 Å². The molecular weight excluding hydrogens is 352 g/mol. The fourth-order valence-electron chi connectivity index (χ4n) is 3.30. The fraction of sp³-hybridized carbons (Fsp3) is 0.550. The highest BCUT2D eigenvalue weighted by Gasteiger charge is 2.16. The average molecular weight is 385 g/mol. The van der Waals surface area contributed by atoms with E-state index in [4.69, 9.17) is 0 Å². The van der Waals surface area contributed by atoms with Crippen molar-refractivity contribution in [2.24, 2.45) is 12.0 Å². The molecule has 152 valence electrons. The van der Waals surface area contributed by atoms with Gasteiger partial charge in [0.05, 0.1) is 0 Å². The van der Waals surface area contributed by atoms with Gasteiger partial charge in [0.25, 0.3) is 0 Å². The average Bonchev–Trinajstić information content (AvgIpc) is 3.13. The Labute approximate surface area is 167 Å². The van der Waals surface area contributed by atoms with Crippen LogP contribution >= 0.6 is 0 Å². The number of aliphatic imine (C=N–C) groups is 1. The van der Waals surface area contributed by atoms with Crippen molar-refractivity contribution in [1.29, 1.82) is 0 Å². The lowest BCUT2D eigenvalue weighted by atomic mass is 10.2. The predicted octanol–water partition coefficient (Wildman–Crippen LogP) is 0.688. The molecule has 28 heavy (non-hydrogen) atoms. The zero-order valence-electron chi connectivity index (χ0n) is 17.0. The minimum Gasteiger partial charge on any atom is -0.357 e. The van der Waals surface area contributed by atoms with Crippen LogP contribution in [0, 0.1) is 0 Å². The van der Waals surface area contributed by atoms with E-state index >= 15 is 0 Å². The summed E-state index contributed by atoms with van der Waals surface area (Å²) in [7, 11) is 1.88. The molecule has 1 saturated heterocycles. The highest BCUT2D eigenvalue weighted by Crippen LogP contribution is 2.08. The number of nitrogens with one attached hydrogen (secondary N) is 2. The van der Waals surface area contributed by atoms with Gasteiger partial charge in [0.2, 0.25) is 0 Å². The number of aromatic nitrogens is 3. The lowest BCUT2D eigenvalue weighted by Gasteiger charge is -2.34. The molecule has 0 atom stereocenters. The van der Waals surface area contributed by atoms with E-state index in [-0.39, 0.29) is 0 Å². The van der Waals surface area contributed by atoms with Crippen molar-refractivity contribution in [3.8, 4) is 0 Å². The first-order valence-corrected chi connectivity index (χ1v) is 10.1. The van der Waals surface area contributed by atoms with E-state index in [1.54, 1.807) is 11.0 Å². The van der Waals surface area contributed by atoms with Crippen LogP contribution in [0.5, 0.6) is 0 Å². The van der Waals surface area contributed by atoms with Crippen molar-refractivity contribution in [3.05, 3.63) is 48.0 Å². The van der Waals surface area contributed by atoms with E-state index in [2.05, 4.69) is 72.8 Å². The molecule has 0 amide bonds. The Bertz CT molecular complexity index is 719. The van der Waals surface area contributed by atoms with Crippen LogP contribution in [0.15, 0.2) is 41.7 Å². The van der Waals surface area contributed by atoms with Gasteiger partial charge in [-0.15, -0.1) is 0 Å². The van der Waals surface area contributed by atoms with Gasteiger partial charge in [-0.1, -0.05) is 30.3 Å². The third-order valence-electron chi connectivity index (χ3n) is 4.96. The van der Waals surface area contributed by atoms with Crippen molar-refractivity contribution >= 4 is 5.96 Å². The molecule has 1 aromatic heterocycles. The topological polar surface area (TPSA) is 73.6 Å². The number of hydrogen-bond acceptors (Lipinski definition) is 5. The van der Waals surface area contributed by atoms with E-state index in [9.17, 15) is 0 Å². The summed E-state index contributed by atoms with van der Waals surface area (Å²) in [6.45, 7) is 10.8. The van der Waals surface area contributed by atoms with Crippen molar-refractivity contribution < 1.29 is 0 Å². The van der Waals surface area contributed by atoms with E-state index in [0.29, 0.717) is 6.54 Å². The molecule has 2 heterocycles. The first kappa shape index (κ1) is 20.3. The third-order valence-corrected chi connectivity index (χ3v) is 4.96. The first-order valence-electron chi connectivity index (χ1n) is 10.1. The second-order valence-electron chi connectivity index (χ2n) is 7.03. The Morgan fingerprint density at radius 2 is 1.82 bits per heavy atom. The second kappa shape index (κ2) is 10.8. The summed E-state index contributed by atoms with van der Waals surface area (Å²) in [4.78, 5) is 13.9. The lowest BCUT2D eigenvalue weighted by Crippen LogP contribution is -2.49. The van der Waals surface area contributed by atoms with Gasteiger partial charge in [0, 0.05) is 59.4 Å². The van der Waals surface area contributed by atoms with Crippen LogP contribution in [0.1, 0.15) is 18.3 Å². The summed E-state index contributed by atoms with van der Waals surface area (Å²) < 4.78 is 1.75. The monoisotopic (exact) mass is 384 g/mol. The number of guanidine groups is 1. The zero-order chi connectivity index (χ0) is 19.6. The van der Waals surface area contributed by atoms with E-state index < -0.39 is 0 Å². The van der Waals surface area contributed by atoms with Crippen LogP contribution in [0.3, 0.4) is 0 Å². The van der Waals surface area contributed by atoms with Gasteiger partial charge in [-0.05, 0) is 12.5 Å². The van der Waals surface area contributed by atoms with Crippen molar-refractivity contribution in [2.75, 3.05) is 45.8 Å². The van der Waals surface area contributed by atoms with Gasteiger partial charge in [-0.3, -0.25) is 14.5 Å². The molecule has 8 nitrogen and oxygen atoms in total. The minimum atomic E-state index is 0.518. The van der Waals surface area contributed by atoms with Crippen molar-refractivity contribution in [2.45, 2.75) is 20.0 Å². The van der Waals surface area contributed by atoms with Crippen LogP contribution < -0.4 is 10.6 Å². The largest absolute Gasteiger partial charge is 0.357 e. The SMILES string of the molecule is CCNC(=NCc1ncnn1C)NCCN1CCN(Cc2ccccc2)CC1. The number of aryl methyl sites for hydroxylation is 1. The van der Waals surface area contributed by atoms with Gasteiger partial charge in [-0.25, -0.2) is 9.98 Å². The van der Waals surface area contributed by atoms with E-state index in [1.807, 2.05) is 7.05 Å². The van der Waals surface area contributed by atoms with Gasteiger partial charge < -0.3 is 10.6 Å². The second-order valence-corrected chi connectivity index (χ2v) is 7.03. The molecule has 2 N–H and O–H groups in total. The molecule has 8 heteroatoms. The molecule has 0 bridgehead atoms. The van der Waals surface area contributed by atoms with Gasteiger partial charge in [-0.2, -0.15) is 5.10 Å². The zero-order valence-corrected chi connectivity index (χ0v) is 17.0. The molecule has 0 spiro atoms. The van der Waals surface area contributed by atoms with Crippen LogP contribution in [0.2, 0.25) is 0 Å². The molecule has 0 aliphatic carbocycles. The maximum Gasteiger partial charge on any atom is 0.191 e. The Morgan fingerprint density at radius 1 is 1.07 bits per heavy atom. The molecule has 1 fully saturated rings. The number of benzene rings is 1. The maximum absolute atomic E-state index is 4.60. The van der Waals surface area contributed by atoms with Gasteiger partial charge in [0.15, 0.2) is 5.96 Å². The minimum absolute atomic E-state index is 0.518. The summed E-state index contributed by atoms with van der Waals surface area (Å²) in [5.74, 6) is 1.68. The summed E-state index contributed by atoms with van der Waals surface area (Å²) in [5.41, 5.74) is 1.40. The Kier molecular flexibility index (Phi) is 7.81. The molecule has 0 unspecified atom stereocenters. The van der Waals surface area contributed by atoms with Crippen molar-refractivity contribution in [3.63, 3.8) is 0 Å². The standard InChI is InChI=1S/C20H32N8/c1-3-21-20(23-15-19-24-17-25-26(19)2)22-9-10-27-11-13-28(14-12-27)16-18-7-5-4-6-8-18/h4-8,17H,3,9-16H2,1-2H3,(H2,21,22,23). The smallest absolute Gasteiger partial charge is 0.191 e. The summed E-state index contributed by atoms with van der Waals surface area (Å²) >= 11 is 0. The van der Waals surface area contributed by atoms with Gasteiger partial charge in [0.1, 0.15) is 18.7 Å². The van der Waals surface area contributed by atoms with Crippen LogP contribution in [0.25, 0.3) is 0 Å². The number of hydrogen-bond donors (Lipinski definition) is 2. The normalized spacial score (nSPS) is 16.3. The molecular formula is C20H32N8. The Hall–Kier alpha value is -2.45. The quantitative estimate of drug-likeness (QED) is 0.515. The Morgan fingerprint density at radius 3 is 2.50 bits per heavy atom. The third kappa shape index (κ3) is 6.31. The molecule has 0 saturated carbocycles. The Balaban J connectivity index is 1.37. The molecule has 3 rings (SSSR count). The number of rotatable bonds is 8. The number of piperazine rings is 1.